The van der Waals surface area contributed by atoms with E-state index < -0.39 is 0 Å². The monoisotopic (exact) mass is 340 g/mol. The number of pyridine rings is 1. The third-order valence-electron chi connectivity index (χ3n) is 4.03. The maximum Gasteiger partial charge on any atom is 0.220 e. The number of hydrogen-bond acceptors (Lipinski definition) is 6. The predicted octanol–water partition coefficient (Wildman–Crippen LogP) is 2.72. The maximum atomic E-state index is 13.1. The van der Waals surface area contributed by atoms with E-state index in [0.717, 1.165) is 12.0 Å². The van der Waals surface area contributed by atoms with Crippen LogP contribution in [0, 0.1) is 5.82 Å². The zero-order valence-electron chi connectivity index (χ0n) is 13.5. The zero-order chi connectivity index (χ0) is 17.2. The van der Waals surface area contributed by atoms with Crippen molar-refractivity contribution >= 4 is 17.0 Å². The van der Waals surface area contributed by atoms with Gasteiger partial charge in [0.05, 0.1) is 30.1 Å². The number of benzene rings is 1. The molecule has 1 aliphatic heterocycles. The van der Waals surface area contributed by atoms with Crippen LogP contribution in [0.5, 0.6) is 0 Å². The summed E-state index contributed by atoms with van der Waals surface area (Å²) in [6.45, 7) is 1.33. The number of nitrogens with two attached hydrogens (primary N) is 1. The number of anilines is 1. The van der Waals surface area contributed by atoms with E-state index >= 15 is 0 Å². The van der Waals surface area contributed by atoms with Crippen molar-refractivity contribution in [3.05, 3.63) is 47.9 Å². The molecule has 0 bridgehead atoms. The fourth-order valence-electron chi connectivity index (χ4n) is 2.83. The first-order chi connectivity index (χ1) is 12.2. The molecule has 0 unspecified atom stereocenters. The molecule has 128 valence electrons. The van der Waals surface area contributed by atoms with Gasteiger partial charge < -0.3 is 15.2 Å². The fourth-order valence-corrected chi connectivity index (χ4v) is 2.83. The smallest absolute Gasteiger partial charge is 0.220 e. The lowest BCUT2D eigenvalue weighted by molar-refractivity contribution is -0.177. The van der Waals surface area contributed by atoms with Crippen molar-refractivity contribution in [1.82, 2.24) is 15.0 Å². The van der Waals surface area contributed by atoms with E-state index in [1.807, 2.05) is 12.1 Å². The molecule has 0 atom stereocenters. The molecule has 0 radical (unpaired) electrons. The second kappa shape index (κ2) is 6.70. The minimum atomic E-state index is -0.359. The van der Waals surface area contributed by atoms with Crippen molar-refractivity contribution in [3.63, 3.8) is 0 Å². The first-order valence-corrected chi connectivity index (χ1v) is 8.11. The topological polar surface area (TPSA) is 83.2 Å². The van der Waals surface area contributed by atoms with Gasteiger partial charge in [-0.2, -0.15) is 0 Å². The van der Waals surface area contributed by atoms with Crippen molar-refractivity contribution in [2.24, 2.45) is 0 Å². The van der Waals surface area contributed by atoms with E-state index in [4.69, 9.17) is 15.2 Å². The molecule has 6 nitrogen and oxygen atoms in total. The van der Waals surface area contributed by atoms with Gasteiger partial charge in [-0.05, 0) is 42.8 Å². The Morgan fingerprint density at radius 2 is 1.76 bits per heavy atom. The lowest BCUT2D eigenvalue weighted by Gasteiger charge is -2.23. The molecule has 4 rings (SSSR count). The summed E-state index contributed by atoms with van der Waals surface area (Å²) in [6, 6.07) is 9.87. The molecule has 3 heterocycles. The predicted molar refractivity (Wildman–Crippen MR) is 91.2 cm³/mol. The van der Waals surface area contributed by atoms with Crippen LogP contribution in [0.4, 0.5) is 10.3 Å². The van der Waals surface area contributed by atoms with Crippen molar-refractivity contribution in [2.75, 3.05) is 18.9 Å². The fraction of sp³-hybridized carbons (Fsp3) is 0.278. The van der Waals surface area contributed by atoms with Gasteiger partial charge in [-0.15, -0.1) is 0 Å². The average molecular weight is 340 g/mol. The minimum absolute atomic E-state index is 0.189. The molecule has 0 saturated carbocycles. The van der Waals surface area contributed by atoms with E-state index in [-0.39, 0.29) is 18.1 Å². The second-order valence-corrected chi connectivity index (χ2v) is 5.83. The highest BCUT2D eigenvalue weighted by Crippen LogP contribution is 2.24. The van der Waals surface area contributed by atoms with Crippen LogP contribution >= 0.6 is 0 Å². The molecule has 1 aliphatic rings. The van der Waals surface area contributed by atoms with E-state index in [9.17, 15) is 4.39 Å². The number of hydrogen-bond donors (Lipinski definition) is 1. The molecule has 1 aromatic carbocycles. The molecule has 1 fully saturated rings. The van der Waals surface area contributed by atoms with Gasteiger partial charge >= 0.3 is 0 Å². The van der Waals surface area contributed by atoms with Crippen LogP contribution in [0.3, 0.4) is 0 Å². The first kappa shape index (κ1) is 15.9. The van der Waals surface area contributed by atoms with E-state index in [0.29, 0.717) is 42.1 Å². The van der Waals surface area contributed by atoms with Crippen LogP contribution in [0.1, 0.15) is 12.1 Å². The Hall–Kier alpha value is -2.64. The summed E-state index contributed by atoms with van der Waals surface area (Å²) in [7, 11) is 0. The Morgan fingerprint density at radius 1 is 1.00 bits per heavy atom. The van der Waals surface area contributed by atoms with Crippen LogP contribution in [-0.4, -0.2) is 34.5 Å². The SMILES string of the molecule is Nc1nc(CC2OCCCO2)c2nc(-c3ccc(F)cc3)ccc2n1. The summed E-state index contributed by atoms with van der Waals surface area (Å²) in [5, 5.41) is 0. The Bertz CT molecular complexity index is 895. The molecular formula is C18H17FN4O2. The van der Waals surface area contributed by atoms with Gasteiger partial charge in [-0.25, -0.2) is 19.3 Å². The van der Waals surface area contributed by atoms with Crippen molar-refractivity contribution in [1.29, 1.82) is 0 Å². The van der Waals surface area contributed by atoms with E-state index in [1.165, 1.54) is 12.1 Å². The van der Waals surface area contributed by atoms with E-state index in [2.05, 4.69) is 15.0 Å². The molecule has 0 aliphatic carbocycles. The summed E-state index contributed by atoms with van der Waals surface area (Å²) in [6.07, 6.45) is 0.974. The van der Waals surface area contributed by atoms with Crippen LogP contribution < -0.4 is 5.73 Å². The third-order valence-corrected chi connectivity index (χ3v) is 4.03. The maximum absolute atomic E-state index is 13.1. The number of halogens is 1. The highest BCUT2D eigenvalue weighted by Gasteiger charge is 2.19. The number of rotatable bonds is 3. The van der Waals surface area contributed by atoms with Crippen molar-refractivity contribution in [2.45, 2.75) is 19.1 Å². The molecule has 2 N–H and O–H groups in total. The highest BCUT2D eigenvalue weighted by molar-refractivity contribution is 5.80. The van der Waals surface area contributed by atoms with Gasteiger partial charge in [0.1, 0.15) is 11.3 Å². The normalized spacial score (nSPS) is 15.6. The number of nitrogen functional groups attached to an aromatic ring is 1. The lowest BCUT2D eigenvalue weighted by atomic mass is 10.1. The standard InChI is InChI=1S/C18H17FN4O2/c19-12-4-2-11(3-5-12)13-6-7-14-17(21-13)15(23-18(20)22-14)10-16-24-8-1-9-25-16/h2-7,16H,1,8-10H2,(H2,20,22,23). The molecule has 1 saturated heterocycles. The number of fused-ring (bicyclic) bond motifs is 1. The second-order valence-electron chi connectivity index (χ2n) is 5.83. The molecule has 3 aromatic rings. The van der Waals surface area contributed by atoms with Gasteiger partial charge in [0, 0.05) is 12.0 Å². The lowest BCUT2D eigenvalue weighted by Crippen LogP contribution is -2.27. The largest absolute Gasteiger partial charge is 0.368 e. The van der Waals surface area contributed by atoms with Gasteiger partial charge in [-0.3, -0.25) is 0 Å². The molecule has 0 amide bonds. The summed E-state index contributed by atoms with van der Waals surface area (Å²) >= 11 is 0. The molecule has 0 spiro atoms. The Kier molecular flexibility index (Phi) is 4.25. The highest BCUT2D eigenvalue weighted by atomic mass is 19.1. The third kappa shape index (κ3) is 3.42. The number of ether oxygens (including phenoxy) is 2. The zero-order valence-corrected chi connectivity index (χ0v) is 13.5. The summed E-state index contributed by atoms with van der Waals surface area (Å²) < 4.78 is 24.4. The Labute approximate surface area is 143 Å². The Balaban J connectivity index is 1.75. The summed E-state index contributed by atoms with van der Waals surface area (Å²) in [4.78, 5) is 13.2. The first-order valence-electron chi connectivity index (χ1n) is 8.11. The van der Waals surface area contributed by atoms with Gasteiger partial charge in [-0.1, -0.05) is 0 Å². The quantitative estimate of drug-likeness (QED) is 0.789. The van der Waals surface area contributed by atoms with Crippen LogP contribution in [0.15, 0.2) is 36.4 Å². The molecule has 25 heavy (non-hydrogen) atoms. The Morgan fingerprint density at radius 3 is 2.52 bits per heavy atom. The summed E-state index contributed by atoms with van der Waals surface area (Å²) in [5.74, 6) is -0.0948. The number of aromatic nitrogens is 3. The molecule has 2 aromatic heterocycles. The van der Waals surface area contributed by atoms with Crippen molar-refractivity contribution < 1.29 is 13.9 Å². The summed E-state index contributed by atoms with van der Waals surface area (Å²) in [5.41, 5.74) is 9.34. The molecule has 7 heteroatoms. The molecular weight excluding hydrogens is 323 g/mol. The van der Waals surface area contributed by atoms with E-state index in [1.54, 1.807) is 12.1 Å². The van der Waals surface area contributed by atoms with Gasteiger partial charge in [0.25, 0.3) is 0 Å². The van der Waals surface area contributed by atoms with Crippen LogP contribution in [0.25, 0.3) is 22.3 Å². The number of nitrogens with zero attached hydrogens (tertiary/aromatic N) is 3. The minimum Gasteiger partial charge on any atom is -0.368 e. The van der Waals surface area contributed by atoms with Crippen molar-refractivity contribution in [3.8, 4) is 11.3 Å². The average Bonchev–Trinajstić information content (AvgIpc) is 2.63. The van der Waals surface area contributed by atoms with Gasteiger partial charge in [0.15, 0.2) is 6.29 Å². The van der Waals surface area contributed by atoms with Crippen LogP contribution in [0.2, 0.25) is 0 Å². The van der Waals surface area contributed by atoms with Gasteiger partial charge in [0.2, 0.25) is 5.95 Å². The van der Waals surface area contributed by atoms with Crippen LogP contribution in [-0.2, 0) is 15.9 Å².